The molecule has 1 amide bonds. The largest absolute Gasteiger partial charge is 0.394 e. The number of allylic oxidation sites excluding steroid dienone is 5. The Bertz CT molecular complexity index is 1440. The molecule has 17 unspecified atom stereocenters. The number of rotatable bonds is 36. The van der Waals surface area contributed by atoms with Crippen LogP contribution in [0.2, 0.25) is 0 Å². The highest BCUT2D eigenvalue weighted by Crippen LogP contribution is 2.33. The van der Waals surface area contributed by atoms with E-state index in [1.165, 1.54) is 89.9 Å². The molecular weight excluding hydrogens is 915 g/mol. The molecule has 3 aliphatic rings. The summed E-state index contributed by atoms with van der Waals surface area (Å²) in [5.74, 6) is -0.345. The second kappa shape index (κ2) is 36.0. The topological polar surface area (TPSA) is 307 Å². The molecule has 0 aromatic rings. The van der Waals surface area contributed by atoms with E-state index in [4.69, 9.17) is 28.4 Å². The molecule has 0 aromatic carbocycles. The highest BCUT2D eigenvalue weighted by atomic mass is 16.8. The first-order valence-electron chi connectivity index (χ1n) is 26.2. The second-order valence-corrected chi connectivity index (χ2v) is 19.0. The average molecular weight is 1010 g/mol. The molecule has 0 radical (unpaired) electrons. The molecule has 3 fully saturated rings. The Morgan fingerprint density at radius 3 is 1.40 bits per heavy atom. The van der Waals surface area contributed by atoms with E-state index in [-0.39, 0.29) is 18.9 Å². The number of aliphatic hydroxyl groups excluding tert-OH is 11. The lowest BCUT2D eigenvalue weighted by Crippen LogP contribution is -2.66. The Kier molecular flexibility index (Phi) is 32.1. The minimum atomic E-state index is -1.98. The molecule has 0 saturated carbocycles. The van der Waals surface area contributed by atoms with Crippen LogP contribution in [0.1, 0.15) is 149 Å². The van der Waals surface area contributed by atoms with Crippen LogP contribution in [0.4, 0.5) is 0 Å². The van der Waals surface area contributed by atoms with E-state index < -0.39 is 124 Å². The first kappa shape index (κ1) is 62.3. The SMILES string of the molecule is CCCCCCCCCCCCCCCC/C=C/CC/C=C/CC/C=C/C(O)C(COC1OC(CO)C(OC2OC(CO)C(OC3OC(CO)C(O)C(O)C3O)C(O)C2O)C(O)C1O)NC(=O)CCC. The second-order valence-electron chi connectivity index (χ2n) is 19.0. The van der Waals surface area contributed by atoms with Gasteiger partial charge in [-0.2, -0.15) is 0 Å². The van der Waals surface area contributed by atoms with Crippen LogP contribution < -0.4 is 5.32 Å². The van der Waals surface area contributed by atoms with Gasteiger partial charge in [0.05, 0.1) is 38.6 Å². The maximum atomic E-state index is 12.6. The molecule has 0 aromatic heterocycles. The number of amides is 1. The lowest BCUT2D eigenvalue weighted by molar-refractivity contribution is -0.379. The van der Waals surface area contributed by atoms with Crippen LogP contribution in [0.25, 0.3) is 0 Å². The lowest BCUT2D eigenvalue weighted by Gasteiger charge is -2.48. The van der Waals surface area contributed by atoms with Crippen LogP contribution in [0.15, 0.2) is 36.5 Å². The number of nitrogens with one attached hydrogen (secondary N) is 1. The Hall–Kier alpha value is -1.99. The zero-order valence-electron chi connectivity index (χ0n) is 41.7. The molecule has 19 nitrogen and oxygen atoms in total. The third kappa shape index (κ3) is 21.5. The van der Waals surface area contributed by atoms with Crippen LogP contribution in [0, 0.1) is 0 Å². The minimum absolute atomic E-state index is 0.181. The van der Waals surface area contributed by atoms with Gasteiger partial charge in [0.1, 0.15) is 73.2 Å². The van der Waals surface area contributed by atoms with Gasteiger partial charge in [-0.05, 0) is 44.9 Å². The van der Waals surface area contributed by atoms with Gasteiger partial charge in [0.2, 0.25) is 5.91 Å². The summed E-state index contributed by atoms with van der Waals surface area (Å²) in [7, 11) is 0. The summed E-state index contributed by atoms with van der Waals surface area (Å²) in [6, 6.07) is -0.988. The molecule has 70 heavy (non-hydrogen) atoms. The van der Waals surface area contributed by atoms with Crippen molar-refractivity contribution < 1.29 is 89.4 Å². The van der Waals surface area contributed by atoms with Gasteiger partial charge in [0.25, 0.3) is 0 Å². The highest BCUT2D eigenvalue weighted by Gasteiger charge is 2.53. The number of hydrogen-bond acceptors (Lipinski definition) is 18. The molecule has 3 rings (SSSR count). The van der Waals surface area contributed by atoms with Gasteiger partial charge in [-0.15, -0.1) is 0 Å². The van der Waals surface area contributed by atoms with Crippen molar-refractivity contribution in [3.05, 3.63) is 36.5 Å². The molecule has 17 atom stereocenters. The maximum absolute atomic E-state index is 12.6. The zero-order valence-corrected chi connectivity index (χ0v) is 41.7. The van der Waals surface area contributed by atoms with Gasteiger partial charge in [0.15, 0.2) is 18.9 Å². The van der Waals surface area contributed by atoms with Gasteiger partial charge in [0, 0.05) is 6.42 Å². The van der Waals surface area contributed by atoms with E-state index in [0.29, 0.717) is 12.8 Å². The standard InChI is InChI=1S/C51H91NO18/c1-3-5-6-7-8-9-10-11-12-13-14-15-16-17-18-19-20-21-22-23-24-25-26-27-29-35(56)34(52-39(57)28-4-2)33-65-49-45(63)42(60)47(37(31-54)67-49)70-51-46(64)43(61)48(38(32-55)68-51)69-50-44(62)41(59)40(58)36(30-53)66-50/h19-20,23-24,27,29,34-38,40-51,53-56,58-64H,3-18,21-22,25-26,28,30-33H2,1-2H3,(H,52,57)/b20-19+,24-23+,29-27+. The molecule has 0 spiro atoms. The minimum Gasteiger partial charge on any atom is -0.394 e. The number of ether oxygens (including phenoxy) is 6. The zero-order chi connectivity index (χ0) is 51.3. The molecule has 0 aliphatic carbocycles. The summed E-state index contributed by atoms with van der Waals surface area (Å²) in [4.78, 5) is 12.6. The predicted molar refractivity (Wildman–Crippen MR) is 259 cm³/mol. The van der Waals surface area contributed by atoms with Gasteiger partial charge in [-0.1, -0.05) is 134 Å². The van der Waals surface area contributed by atoms with Crippen LogP contribution in [-0.4, -0.2) is 193 Å². The van der Waals surface area contributed by atoms with E-state index in [1.54, 1.807) is 12.2 Å². The van der Waals surface area contributed by atoms with E-state index in [9.17, 15) is 61.0 Å². The number of hydrogen-bond donors (Lipinski definition) is 12. The summed E-state index contributed by atoms with van der Waals surface area (Å²) < 4.78 is 33.8. The van der Waals surface area contributed by atoms with Crippen LogP contribution >= 0.6 is 0 Å². The summed E-state index contributed by atoms with van der Waals surface area (Å²) >= 11 is 0. The van der Waals surface area contributed by atoms with Crippen molar-refractivity contribution in [2.75, 3.05) is 26.4 Å². The van der Waals surface area contributed by atoms with Gasteiger partial charge < -0.3 is 89.9 Å². The molecule has 0 bridgehead atoms. The number of carbonyl (C=O) groups is 1. The third-order valence-corrected chi connectivity index (χ3v) is 13.1. The van der Waals surface area contributed by atoms with Crippen molar-refractivity contribution >= 4 is 5.91 Å². The normalized spacial score (nSPS) is 32.8. The van der Waals surface area contributed by atoms with E-state index >= 15 is 0 Å². The summed E-state index contributed by atoms with van der Waals surface area (Å²) in [6.07, 6.45) is 9.43. The van der Waals surface area contributed by atoms with Crippen molar-refractivity contribution in [3.8, 4) is 0 Å². The Labute approximate surface area is 415 Å². The van der Waals surface area contributed by atoms with Gasteiger partial charge >= 0.3 is 0 Å². The fourth-order valence-electron chi connectivity index (χ4n) is 8.79. The fourth-order valence-corrected chi connectivity index (χ4v) is 8.79. The molecule has 19 heteroatoms. The molecular formula is C51H91NO18. The molecule has 3 heterocycles. The van der Waals surface area contributed by atoms with Crippen molar-refractivity contribution in [1.82, 2.24) is 5.32 Å². The molecule has 408 valence electrons. The highest BCUT2D eigenvalue weighted by molar-refractivity contribution is 5.76. The Balaban J connectivity index is 1.40. The average Bonchev–Trinajstić information content (AvgIpc) is 3.35. The summed E-state index contributed by atoms with van der Waals surface area (Å²) in [5.41, 5.74) is 0. The number of aliphatic hydroxyl groups is 11. The van der Waals surface area contributed by atoms with Gasteiger partial charge in [-0.3, -0.25) is 4.79 Å². The predicted octanol–water partition coefficient (Wildman–Crippen LogP) is 2.20. The maximum Gasteiger partial charge on any atom is 0.220 e. The lowest BCUT2D eigenvalue weighted by atomic mass is 9.96. The Morgan fingerprint density at radius 1 is 0.500 bits per heavy atom. The first-order chi connectivity index (χ1) is 33.8. The summed E-state index contributed by atoms with van der Waals surface area (Å²) in [6.45, 7) is 1.28. The van der Waals surface area contributed by atoms with E-state index in [0.717, 1.165) is 25.7 Å². The van der Waals surface area contributed by atoms with Crippen molar-refractivity contribution in [2.45, 2.75) is 253 Å². The molecule has 3 aliphatic heterocycles. The first-order valence-corrected chi connectivity index (χ1v) is 26.2. The third-order valence-electron chi connectivity index (χ3n) is 13.1. The quantitative estimate of drug-likeness (QED) is 0.0316. The van der Waals surface area contributed by atoms with Crippen LogP contribution in [0.5, 0.6) is 0 Å². The van der Waals surface area contributed by atoms with E-state index in [2.05, 4.69) is 36.5 Å². The number of unbranched alkanes of at least 4 members (excludes halogenated alkanes) is 16. The monoisotopic (exact) mass is 1010 g/mol. The van der Waals surface area contributed by atoms with E-state index in [1.807, 2.05) is 6.92 Å². The smallest absolute Gasteiger partial charge is 0.220 e. The van der Waals surface area contributed by atoms with Crippen LogP contribution in [-0.2, 0) is 33.2 Å². The van der Waals surface area contributed by atoms with Crippen molar-refractivity contribution in [1.29, 1.82) is 0 Å². The Morgan fingerprint density at radius 2 is 0.914 bits per heavy atom. The molecule has 12 N–H and O–H groups in total. The van der Waals surface area contributed by atoms with Crippen LogP contribution in [0.3, 0.4) is 0 Å². The molecule has 3 saturated heterocycles. The number of carbonyl (C=O) groups excluding carboxylic acids is 1. The van der Waals surface area contributed by atoms with Crippen molar-refractivity contribution in [3.63, 3.8) is 0 Å². The van der Waals surface area contributed by atoms with Gasteiger partial charge in [-0.25, -0.2) is 0 Å². The fraction of sp³-hybridized carbons (Fsp3) is 0.863. The summed E-state index contributed by atoms with van der Waals surface area (Å²) in [5, 5.41) is 119. The van der Waals surface area contributed by atoms with Crippen molar-refractivity contribution in [2.24, 2.45) is 0 Å².